The molecule has 0 saturated carbocycles. The molecule has 142 valence electrons. The van der Waals surface area contributed by atoms with Crippen molar-refractivity contribution in [1.29, 1.82) is 0 Å². The third kappa shape index (κ3) is 2.43. The average molecular weight is 379 g/mol. The maximum atomic E-state index is 13.1. The molecular formula is C21H17NO6. The first-order chi connectivity index (χ1) is 13.5. The lowest BCUT2D eigenvalue weighted by Gasteiger charge is -2.25. The first-order valence-corrected chi connectivity index (χ1v) is 8.87. The average Bonchev–Trinajstić information content (AvgIpc) is 3.15. The summed E-state index contributed by atoms with van der Waals surface area (Å²) in [5, 5.41) is 0.888. The second-order valence-electron chi connectivity index (χ2n) is 6.86. The number of fused-ring (bicyclic) bond motifs is 3. The van der Waals surface area contributed by atoms with Gasteiger partial charge in [0.05, 0.1) is 19.0 Å². The molecule has 2 aliphatic heterocycles. The van der Waals surface area contributed by atoms with E-state index in [1.807, 2.05) is 24.3 Å². The molecule has 3 heterocycles. The summed E-state index contributed by atoms with van der Waals surface area (Å²) in [4.78, 5) is 25.4. The summed E-state index contributed by atoms with van der Waals surface area (Å²) >= 11 is 0. The van der Waals surface area contributed by atoms with Crippen LogP contribution in [0.25, 0.3) is 10.9 Å². The number of hydrogen-bond acceptors (Lipinski definition) is 6. The maximum Gasteiger partial charge on any atom is 0.312 e. The van der Waals surface area contributed by atoms with Gasteiger partial charge in [-0.15, -0.1) is 0 Å². The molecule has 0 radical (unpaired) electrons. The Bertz CT molecular complexity index is 1200. The third-order valence-corrected chi connectivity index (χ3v) is 5.31. The molecule has 0 bridgehead atoms. The van der Waals surface area contributed by atoms with Crippen molar-refractivity contribution in [3.63, 3.8) is 0 Å². The Morgan fingerprint density at radius 1 is 1.00 bits per heavy atom. The van der Waals surface area contributed by atoms with Crippen LogP contribution in [-0.4, -0.2) is 24.4 Å². The molecule has 7 nitrogen and oxygen atoms in total. The van der Waals surface area contributed by atoms with Crippen molar-refractivity contribution in [2.75, 3.05) is 13.9 Å². The van der Waals surface area contributed by atoms with Gasteiger partial charge in [0.1, 0.15) is 11.5 Å². The van der Waals surface area contributed by atoms with Gasteiger partial charge in [-0.2, -0.15) is 0 Å². The van der Waals surface area contributed by atoms with Crippen molar-refractivity contribution in [3.8, 4) is 23.0 Å². The number of rotatable bonds is 2. The Kier molecular flexibility index (Phi) is 3.58. The van der Waals surface area contributed by atoms with Crippen molar-refractivity contribution in [1.82, 2.24) is 4.57 Å². The summed E-state index contributed by atoms with van der Waals surface area (Å²) in [5.74, 6) is 1.40. The van der Waals surface area contributed by atoms with E-state index in [0.29, 0.717) is 28.6 Å². The minimum Gasteiger partial charge on any atom is -0.497 e. The summed E-state index contributed by atoms with van der Waals surface area (Å²) in [6.45, 7) is 0.121. The lowest BCUT2D eigenvalue weighted by atomic mass is 9.86. The molecule has 0 saturated heterocycles. The molecule has 1 atom stereocenters. The van der Waals surface area contributed by atoms with Gasteiger partial charge in [0, 0.05) is 36.2 Å². The van der Waals surface area contributed by atoms with E-state index < -0.39 is 5.92 Å². The van der Waals surface area contributed by atoms with Crippen molar-refractivity contribution in [2.45, 2.75) is 12.3 Å². The Hall–Kier alpha value is -3.48. The molecule has 0 aliphatic carbocycles. The second-order valence-corrected chi connectivity index (χ2v) is 6.86. The molecule has 0 unspecified atom stereocenters. The monoisotopic (exact) mass is 379 g/mol. The molecule has 0 fully saturated rings. The zero-order valence-electron chi connectivity index (χ0n) is 15.4. The number of pyridine rings is 1. The van der Waals surface area contributed by atoms with Gasteiger partial charge in [0.25, 0.3) is 5.56 Å². The van der Waals surface area contributed by atoms with E-state index in [2.05, 4.69) is 0 Å². The van der Waals surface area contributed by atoms with Crippen molar-refractivity contribution >= 4 is 16.9 Å². The normalized spacial score (nSPS) is 17.4. The van der Waals surface area contributed by atoms with Crippen molar-refractivity contribution in [3.05, 3.63) is 57.9 Å². The topological polar surface area (TPSA) is 76.0 Å². The van der Waals surface area contributed by atoms with Gasteiger partial charge in [-0.3, -0.25) is 9.59 Å². The first-order valence-electron chi connectivity index (χ1n) is 8.87. The lowest BCUT2D eigenvalue weighted by Crippen LogP contribution is -2.28. The number of benzene rings is 2. The molecule has 0 amide bonds. The smallest absolute Gasteiger partial charge is 0.312 e. The van der Waals surface area contributed by atoms with Gasteiger partial charge in [-0.05, 0) is 29.7 Å². The van der Waals surface area contributed by atoms with E-state index >= 15 is 0 Å². The molecule has 7 heteroatoms. The zero-order valence-corrected chi connectivity index (χ0v) is 15.4. The molecule has 1 aromatic heterocycles. The number of aryl methyl sites for hydroxylation is 1. The van der Waals surface area contributed by atoms with Crippen LogP contribution in [0.15, 0.2) is 41.2 Å². The minimum absolute atomic E-state index is 0.0869. The van der Waals surface area contributed by atoms with E-state index in [1.165, 1.54) is 0 Å². The molecule has 3 aromatic rings. The molecular weight excluding hydrogens is 362 g/mol. The highest BCUT2D eigenvalue weighted by Gasteiger charge is 2.33. The molecule has 0 spiro atoms. The molecule has 5 rings (SSSR count). The van der Waals surface area contributed by atoms with E-state index in [1.54, 1.807) is 30.9 Å². The summed E-state index contributed by atoms with van der Waals surface area (Å²) in [6.07, 6.45) is 0.0869. The number of aromatic nitrogens is 1. The summed E-state index contributed by atoms with van der Waals surface area (Å²) in [7, 11) is 3.30. The Labute approximate surface area is 160 Å². The Morgan fingerprint density at radius 2 is 1.79 bits per heavy atom. The van der Waals surface area contributed by atoms with Crippen LogP contribution in [0.3, 0.4) is 0 Å². The number of carbonyl (C=O) groups excluding carboxylic acids is 1. The van der Waals surface area contributed by atoms with Gasteiger partial charge in [-0.1, -0.05) is 0 Å². The van der Waals surface area contributed by atoms with Gasteiger partial charge >= 0.3 is 5.97 Å². The number of methoxy groups -OCH3 is 1. The van der Waals surface area contributed by atoms with Gasteiger partial charge in [0.2, 0.25) is 6.79 Å². The van der Waals surface area contributed by atoms with E-state index in [-0.39, 0.29) is 24.7 Å². The molecule has 0 N–H and O–H groups in total. The maximum absolute atomic E-state index is 13.1. The highest BCUT2D eigenvalue weighted by molar-refractivity contribution is 5.83. The van der Waals surface area contributed by atoms with Crippen LogP contribution in [0.5, 0.6) is 23.0 Å². The highest BCUT2D eigenvalue weighted by atomic mass is 16.7. The number of carbonyl (C=O) groups is 1. The van der Waals surface area contributed by atoms with Crippen LogP contribution in [0.4, 0.5) is 0 Å². The van der Waals surface area contributed by atoms with Gasteiger partial charge in [0.15, 0.2) is 11.5 Å². The Balaban J connectivity index is 1.72. The predicted octanol–water partition coefficient (Wildman–Crippen LogP) is 2.72. The van der Waals surface area contributed by atoms with Crippen molar-refractivity contribution < 1.29 is 23.7 Å². The van der Waals surface area contributed by atoms with Crippen LogP contribution in [0, 0.1) is 0 Å². The zero-order chi connectivity index (χ0) is 19.4. The Morgan fingerprint density at radius 3 is 2.57 bits per heavy atom. The number of nitrogens with zero attached hydrogens (tertiary/aromatic N) is 1. The van der Waals surface area contributed by atoms with Crippen LogP contribution >= 0.6 is 0 Å². The van der Waals surface area contributed by atoms with Gasteiger partial charge < -0.3 is 23.5 Å². The first kappa shape index (κ1) is 16.7. The lowest BCUT2D eigenvalue weighted by molar-refractivity contribution is -0.135. The fraction of sp³-hybridized carbons (Fsp3) is 0.238. The molecule has 28 heavy (non-hydrogen) atoms. The highest BCUT2D eigenvalue weighted by Crippen LogP contribution is 2.45. The molecule has 2 aliphatic rings. The summed E-state index contributed by atoms with van der Waals surface area (Å²) in [6, 6.07) is 10.9. The minimum atomic E-state index is -0.420. The van der Waals surface area contributed by atoms with E-state index in [9.17, 15) is 9.59 Å². The molecule has 2 aromatic carbocycles. The third-order valence-electron chi connectivity index (χ3n) is 5.31. The predicted molar refractivity (Wildman–Crippen MR) is 100 cm³/mol. The fourth-order valence-electron chi connectivity index (χ4n) is 3.86. The van der Waals surface area contributed by atoms with Crippen LogP contribution in [0.1, 0.15) is 23.5 Å². The van der Waals surface area contributed by atoms with Crippen LogP contribution in [-0.2, 0) is 11.8 Å². The van der Waals surface area contributed by atoms with Crippen molar-refractivity contribution in [2.24, 2.45) is 7.05 Å². The summed E-state index contributed by atoms with van der Waals surface area (Å²) in [5.41, 5.74) is 1.88. The number of hydrogen-bond donors (Lipinski definition) is 0. The van der Waals surface area contributed by atoms with E-state index in [0.717, 1.165) is 16.5 Å². The fourth-order valence-corrected chi connectivity index (χ4v) is 3.86. The quantitative estimate of drug-likeness (QED) is 0.503. The SMILES string of the molecule is COc1ccc2cc([C@@H]3CC(=O)Oc4cc5c(cc43)OCO5)c(=O)n(C)c2c1. The standard InChI is InChI=1S/C21H17NO6/c1-22-16-6-12(25-2)4-3-11(16)5-15(21(22)24)13-8-20(23)28-17-9-19-18(7-14(13)17)26-10-27-19/h3-7,9,13H,8,10H2,1-2H3/t13-/m1/s1. The van der Waals surface area contributed by atoms with Gasteiger partial charge in [-0.25, -0.2) is 0 Å². The van der Waals surface area contributed by atoms with Crippen LogP contribution in [0.2, 0.25) is 0 Å². The van der Waals surface area contributed by atoms with Crippen LogP contribution < -0.4 is 24.5 Å². The number of esters is 1. The largest absolute Gasteiger partial charge is 0.497 e. The summed E-state index contributed by atoms with van der Waals surface area (Å²) < 4.78 is 23.1. The number of ether oxygens (including phenoxy) is 4. The van der Waals surface area contributed by atoms with E-state index in [4.69, 9.17) is 18.9 Å². The second kappa shape index (κ2) is 6.02.